The lowest BCUT2D eigenvalue weighted by Crippen LogP contribution is -2.20. The molecule has 1 aromatic rings. The minimum atomic E-state index is 0.602. The number of rotatable bonds is 1. The minimum Gasteiger partial charge on any atom is -0.355 e. The molecule has 0 aromatic carbocycles. The monoisotopic (exact) mass is 260 g/mol. The van der Waals surface area contributed by atoms with Gasteiger partial charge >= 0.3 is 0 Å². The van der Waals surface area contributed by atoms with Crippen LogP contribution in [0.15, 0.2) is 18.3 Å². The standard InChI is InChI=1S/C9H10BrClN2/c10-7-3-4-13(6-7)9-2-1-8(11)5-12-9/h1-2,5,7H,3-4,6H2. The van der Waals surface area contributed by atoms with Crippen molar-refractivity contribution in [2.45, 2.75) is 11.2 Å². The van der Waals surface area contributed by atoms with E-state index in [-0.39, 0.29) is 0 Å². The van der Waals surface area contributed by atoms with Crippen LogP contribution in [0, 0.1) is 0 Å². The third-order valence-electron chi connectivity index (χ3n) is 2.17. The highest BCUT2D eigenvalue weighted by atomic mass is 79.9. The maximum absolute atomic E-state index is 5.76. The third-order valence-corrected chi connectivity index (χ3v) is 3.14. The fourth-order valence-electron chi connectivity index (χ4n) is 1.48. The molecule has 0 aliphatic carbocycles. The van der Waals surface area contributed by atoms with Crippen molar-refractivity contribution in [3.63, 3.8) is 0 Å². The fraction of sp³-hybridized carbons (Fsp3) is 0.444. The zero-order chi connectivity index (χ0) is 9.26. The number of hydrogen-bond acceptors (Lipinski definition) is 2. The van der Waals surface area contributed by atoms with Crippen LogP contribution < -0.4 is 4.90 Å². The molecule has 1 unspecified atom stereocenters. The molecule has 2 rings (SSSR count). The lowest BCUT2D eigenvalue weighted by atomic mass is 10.4. The van der Waals surface area contributed by atoms with Crippen molar-refractivity contribution in [2.24, 2.45) is 0 Å². The number of alkyl halides is 1. The first-order valence-electron chi connectivity index (χ1n) is 4.26. The predicted molar refractivity (Wildman–Crippen MR) is 58.8 cm³/mol. The molecular formula is C9H10BrClN2. The van der Waals surface area contributed by atoms with E-state index in [1.165, 1.54) is 6.42 Å². The molecule has 1 aliphatic heterocycles. The first-order chi connectivity index (χ1) is 6.25. The molecule has 1 saturated heterocycles. The molecule has 0 amide bonds. The fourth-order valence-corrected chi connectivity index (χ4v) is 2.15. The van der Waals surface area contributed by atoms with Gasteiger partial charge in [-0.3, -0.25) is 0 Å². The summed E-state index contributed by atoms with van der Waals surface area (Å²) < 4.78 is 0. The average Bonchev–Trinajstić information content (AvgIpc) is 2.53. The lowest BCUT2D eigenvalue weighted by Gasteiger charge is -2.15. The van der Waals surface area contributed by atoms with E-state index in [0.717, 1.165) is 18.9 Å². The van der Waals surface area contributed by atoms with Gasteiger partial charge in [-0.25, -0.2) is 4.98 Å². The summed E-state index contributed by atoms with van der Waals surface area (Å²) in [5.41, 5.74) is 0. The van der Waals surface area contributed by atoms with Crippen molar-refractivity contribution in [3.05, 3.63) is 23.4 Å². The Hall–Kier alpha value is -0.280. The Balaban J connectivity index is 2.13. The van der Waals surface area contributed by atoms with Gasteiger partial charge < -0.3 is 4.90 Å². The Kier molecular flexibility index (Phi) is 2.74. The van der Waals surface area contributed by atoms with Crippen LogP contribution in [0.3, 0.4) is 0 Å². The van der Waals surface area contributed by atoms with E-state index in [4.69, 9.17) is 11.6 Å². The molecule has 2 nitrogen and oxygen atoms in total. The van der Waals surface area contributed by atoms with Crippen molar-refractivity contribution in [2.75, 3.05) is 18.0 Å². The zero-order valence-electron chi connectivity index (χ0n) is 7.08. The van der Waals surface area contributed by atoms with E-state index in [9.17, 15) is 0 Å². The van der Waals surface area contributed by atoms with Gasteiger partial charge in [-0.05, 0) is 18.6 Å². The van der Waals surface area contributed by atoms with Gasteiger partial charge in [0, 0.05) is 24.1 Å². The van der Waals surface area contributed by atoms with Crippen LogP contribution in [0.5, 0.6) is 0 Å². The quantitative estimate of drug-likeness (QED) is 0.723. The SMILES string of the molecule is Clc1ccc(N2CCC(Br)C2)nc1. The predicted octanol–water partition coefficient (Wildman–Crippen LogP) is 2.71. The van der Waals surface area contributed by atoms with Crippen molar-refractivity contribution in [1.82, 2.24) is 4.98 Å². The highest BCUT2D eigenvalue weighted by Crippen LogP contribution is 2.22. The van der Waals surface area contributed by atoms with Gasteiger partial charge in [0.15, 0.2) is 0 Å². The Morgan fingerprint density at radius 2 is 2.38 bits per heavy atom. The summed E-state index contributed by atoms with van der Waals surface area (Å²) in [6.07, 6.45) is 2.88. The molecule has 1 aromatic heterocycles. The van der Waals surface area contributed by atoms with Crippen LogP contribution in [0.4, 0.5) is 5.82 Å². The second kappa shape index (κ2) is 3.84. The molecule has 2 heterocycles. The zero-order valence-corrected chi connectivity index (χ0v) is 9.42. The van der Waals surface area contributed by atoms with E-state index in [2.05, 4.69) is 25.8 Å². The van der Waals surface area contributed by atoms with Crippen LogP contribution in [0.1, 0.15) is 6.42 Å². The normalized spacial score (nSPS) is 22.3. The summed E-state index contributed by atoms with van der Waals surface area (Å²) in [4.78, 5) is 7.13. The van der Waals surface area contributed by atoms with Crippen LogP contribution in [-0.2, 0) is 0 Å². The van der Waals surface area contributed by atoms with Gasteiger partial charge in [0.25, 0.3) is 0 Å². The van der Waals surface area contributed by atoms with Crippen LogP contribution >= 0.6 is 27.5 Å². The van der Waals surface area contributed by atoms with Gasteiger partial charge in [0.2, 0.25) is 0 Å². The van der Waals surface area contributed by atoms with E-state index in [1.807, 2.05) is 12.1 Å². The Morgan fingerprint density at radius 3 is 2.92 bits per heavy atom. The first-order valence-corrected chi connectivity index (χ1v) is 5.55. The van der Waals surface area contributed by atoms with Crippen LogP contribution in [0.25, 0.3) is 0 Å². The largest absolute Gasteiger partial charge is 0.355 e. The summed E-state index contributed by atoms with van der Waals surface area (Å²) in [6.45, 7) is 2.11. The molecular weight excluding hydrogens is 251 g/mol. The Morgan fingerprint density at radius 1 is 1.54 bits per heavy atom. The van der Waals surface area contributed by atoms with Crippen molar-refractivity contribution >= 4 is 33.3 Å². The molecule has 0 spiro atoms. The van der Waals surface area contributed by atoms with Gasteiger partial charge in [0.1, 0.15) is 5.82 Å². The Bertz CT molecular complexity index is 288. The third kappa shape index (κ3) is 2.15. The summed E-state index contributed by atoms with van der Waals surface area (Å²) in [5, 5.41) is 0.693. The molecule has 0 N–H and O–H groups in total. The average molecular weight is 262 g/mol. The molecule has 1 atom stereocenters. The number of hydrogen-bond donors (Lipinski definition) is 0. The minimum absolute atomic E-state index is 0.602. The molecule has 70 valence electrons. The number of aromatic nitrogens is 1. The van der Waals surface area contributed by atoms with E-state index >= 15 is 0 Å². The maximum Gasteiger partial charge on any atom is 0.128 e. The highest BCUT2D eigenvalue weighted by Gasteiger charge is 2.20. The molecule has 4 heteroatoms. The van der Waals surface area contributed by atoms with Gasteiger partial charge in [-0.2, -0.15) is 0 Å². The first kappa shape index (κ1) is 9.28. The lowest BCUT2D eigenvalue weighted by molar-refractivity contribution is 0.938. The second-order valence-electron chi connectivity index (χ2n) is 3.17. The van der Waals surface area contributed by atoms with E-state index in [1.54, 1.807) is 6.20 Å². The molecule has 1 fully saturated rings. The molecule has 1 aliphatic rings. The van der Waals surface area contributed by atoms with Crippen LogP contribution in [0.2, 0.25) is 5.02 Å². The summed E-state index contributed by atoms with van der Waals surface area (Å²) in [6, 6.07) is 3.85. The molecule has 13 heavy (non-hydrogen) atoms. The van der Waals surface area contributed by atoms with Gasteiger partial charge in [-0.15, -0.1) is 0 Å². The van der Waals surface area contributed by atoms with Crippen molar-refractivity contribution in [3.8, 4) is 0 Å². The molecule has 0 saturated carbocycles. The van der Waals surface area contributed by atoms with E-state index < -0.39 is 0 Å². The summed E-state index contributed by atoms with van der Waals surface area (Å²) in [7, 11) is 0. The van der Waals surface area contributed by atoms with Gasteiger partial charge in [0.05, 0.1) is 5.02 Å². The number of anilines is 1. The number of pyridine rings is 1. The molecule has 0 bridgehead atoms. The van der Waals surface area contributed by atoms with Crippen molar-refractivity contribution < 1.29 is 0 Å². The van der Waals surface area contributed by atoms with Gasteiger partial charge in [-0.1, -0.05) is 27.5 Å². The maximum atomic E-state index is 5.76. The molecule has 0 radical (unpaired) electrons. The number of nitrogens with zero attached hydrogens (tertiary/aromatic N) is 2. The summed E-state index contributed by atoms with van der Waals surface area (Å²) >= 11 is 9.35. The second-order valence-corrected chi connectivity index (χ2v) is 4.90. The van der Waals surface area contributed by atoms with Crippen LogP contribution in [-0.4, -0.2) is 22.9 Å². The topological polar surface area (TPSA) is 16.1 Å². The summed E-state index contributed by atoms with van der Waals surface area (Å²) in [5.74, 6) is 1.02. The van der Waals surface area contributed by atoms with Crippen molar-refractivity contribution in [1.29, 1.82) is 0 Å². The smallest absolute Gasteiger partial charge is 0.128 e. The number of halogens is 2. The Labute approximate surface area is 91.0 Å². The highest BCUT2D eigenvalue weighted by molar-refractivity contribution is 9.09. The van der Waals surface area contributed by atoms with E-state index in [0.29, 0.717) is 9.85 Å².